The van der Waals surface area contributed by atoms with Crippen LogP contribution >= 0.6 is 0 Å². The quantitative estimate of drug-likeness (QED) is 0.178. The van der Waals surface area contributed by atoms with Crippen LogP contribution in [0.15, 0.2) is 0 Å². The molecule has 1 aliphatic heterocycles. The smallest absolute Gasteiger partial charge is 0.395 e. The Labute approximate surface area is 194 Å². The summed E-state index contributed by atoms with van der Waals surface area (Å²) in [6.07, 6.45) is 0. The van der Waals surface area contributed by atoms with Gasteiger partial charge >= 0.3 is 16.5 Å². The number of aliphatic hydroxyl groups excluding tert-OH is 2. The molecule has 0 aromatic carbocycles. The van der Waals surface area contributed by atoms with Crippen LogP contribution in [0.1, 0.15) is 0 Å². The van der Waals surface area contributed by atoms with Gasteiger partial charge in [-0.15, -0.1) is 20.5 Å². The predicted octanol–water partition coefficient (Wildman–Crippen LogP) is -12.7. The second kappa shape index (κ2) is 22.2. The van der Waals surface area contributed by atoms with Gasteiger partial charge in [-0.05, 0) is 0 Å². The maximum Gasteiger partial charge on any atom is 2.00 e. The molecule has 0 spiro atoms. The number of halogens is 2. The molecule has 1 heterocycles. The fraction of sp³-hybridized carbons (Fsp3) is 1.00. The molecule has 192 valence electrons. The van der Waals surface area contributed by atoms with Gasteiger partial charge in [-0.3, -0.25) is 9.80 Å². The summed E-state index contributed by atoms with van der Waals surface area (Å²) in [5.74, 6) is 0. The number of nitrogens with zero attached hydrogens (tertiary/aromatic N) is 2. The summed E-state index contributed by atoms with van der Waals surface area (Å²) >= 11 is 0. The van der Waals surface area contributed by atoms with E-state index in [2.05, 4.69) is 31.1 Å². The van der Waals surface area contributed by atoms with Crippen molar-refractivity contribution in [1.29, 1.82) is 0 Å². The molecular formula is C12H30Cl2N6NiO10. The first-order chi connectivity index (χ1) is 13.9. The van der Waals surface area contributed by atoms with Crippen molar-refractivity contribution in [3.05, 3.63) is 0 Å². The van der Waals surface area contributed by atoms with Crippen LogP contribution in [-0.2, 0) is 16.5 Å². The largest absolute Gasteiger partial charge is 2.00 e. The summed E-state index contributed by atoms with van der Waals surface area (Å²) in [6, 6.07) is 0. The van der Waals surface area contributed by atoms with Crippen LogP contribution in [0.25, 0.3) is 0 Å². The number of nitrogens with one attached hydrogen (secondary N) is 4. The normalized spacial score (nSPS) is 18.4. The zero-order valence-electron chi connectivity index (χ0n) is 16.6. The van der Waals surface area contributed by atoms with Crippen molar-refractivity contribution in [1.82, 2.24) is 31.1 Å². The van der Waals surface area contributed by atoms with Crippen molar-refractivity contribution in [3.8, 4) is 0 Å². The van der Waals surface area contributed by atoms with Gasteiger partial charge in [-0.2, -0.15) is 0 Å². The average molecular weight is 548 g/mol. The topological polar surface area (TPSA) is 280 Å². The molecule has 0 unspecified atom stereocenters. The Morgan fingerprint density at radius 1 is 0.548 bits per heavy atom. The third-order valence-electron chi connectivity index (χ3n) is 3.13. The van der Waals surface area contributed by atoms with Crippen molar-refractivity contribution in [2.45, 2.75) is 0 Å². The molecule has 0 bridgehead atoms. The van der Waals surface area contributed by atoms with Gasteiger partial charge in [-0.1, -0.05) is 0 Å². The van der Waals surface area contributed by atoms with Gasteiger partial charge in [0.05, 0.1) is 13.2 Å². The van der Waals surface area contributed by atoms with Gasteiger partial charge in [-0.25, -0.2) is 37.3 Å². The zero-order chi connectivity index (χ0) is 23.5. The Bertz CT molecular complexity index is 325. The minimum Gasteiger partial charge on any atom is -0.395 e. The Balaban J connectivity index is -0.000000595. The van der Waals surface area contributed by atoms with Crippen molar-refractivity contribution in [2.24, 2.45) is 0 Å². The van der Waals surface area contributed by atoms with Crippen molar-refractivity contribution in [3.63, 3.8) is 0 Å². The summed E-state index contributed by atoms with van der Waals surface area (Å²) in [5.41, 5.74) is 0. The summed E-state index contributed by atoms with van der Waals surface area (Å²) in [4.78, 5) is 4.29. The summed E-state index contributed by atoms with van der Waals surface area (Å²) < 4.78 is 67.9. The maximum absolute atomic E-state index is 9.02. The first-order valence-electron chi connectivity index (χ1n) is 8.59. The van der Waals surface area contributed by atoms with E-state index in [1.807, 2.05) is 0 Å². The van der Waals surface area contributed by atoms with Gasteiger partial charge in [0.1, 0.15) is 0 Å². The van der Waals surface area contributed by atoms with Crippen molar-refractivity contribution in [2.75, 3.05) is 79.2 Å². The van der Waals surface area contributed by atoms with Crippen molar-refractivity contribution < 1.29 is 84.5 Å². The van der Waals surface area contributed by atoms with Gasteiger partial charge in [0.2, 0.25) is 0 Å². The monoisotopic (exact) mass is 546 g/mol. The van der Waals surface area contributed by atoms with Crippen LogP contribution in [0.5, 0.6) is 0 Å². The molecule has 0 saturated carbocycles. The van der Waals surface area contributed by atoms with E-state index in [1.54, 1.807) is 0 Å². The van der Waals surface area contributed by atoms with Gasteiger partial charge in [0, 0.05) is 65.9 Å². The molecular weight excluding hydrogens is 518 g/mol. The Hall–Kier alpha value is 0.434. The average Bonchev–Trinajstić information content (AvgIpc) is 2.57. The van der Waals surface area contributed by atoms with E-state index in [4.69, 9.17) is 47.5 Å². The van der Waals surface area contributed by atoms with E-state index >= 15 is 0 Å². The minimum absolute atomic E-state index is 0. The van der Waals surface area contributed by atoms with E-state index in [0.717, 1.165) is 52.9 Å². The first-order valence-corrected chi connectivity index (χ1v) is 11.1. The number of β-amino-alcohol motifs (C(OH)–C–C–N with tert-alkyl or cyclic N) is 2. The second-order valence-electron chi connectivity index (χ2n) is 5.62. The number of hydrogen-bond acceptors (Lipinski definition) is 16. The molecule has 1 fully saturated rings. The van der Waals surface area contributed by atoms with Gasteiger partial charge in [0.15, 0.2) is 0 Å². The minimum atomic E-state index is -4.94. The predicted molar refractivity (Wildman–Crippen MR) is 79.1 cm³/mol. The molecule has 0 amide bonds. The van der Waals surface area contributed by atoms with Crippen LogP contribution in [0.4, 0.5) is 0 Å². The first kappa shape index (κ1) is 36.0. The summed E-state index contributed by atoms with van der Waals surface area (Å²) in [5, 5.41) is 31.4. The molecule has 0 aromatic rings. The Morgan fingerprint density at radius 3 is 0.903 bits per heavy atom. The molecule has 6 N–H and O–H groups in total. The van der Waals surface area contributed by atoms with Gasteiger partial charge < -0.3 is 31.5 Å². The Morgan fingerprint density at radius 2 is 0.742 bits per heavy atom. The molecule has 1 aliphatic rings. The molecule has 1 rings (SSSR count). The van der Waals surface area contributed by atoms with Crippen molar-refractivity contribution >= 4 is 0 Å². The Kier molecular flexibility index (Phi) is 25.8. The fourth-order valence-electron chi connectivity index (χ4n) is 2.01. The second-order valence-corrected chi connectivity index (χ2v) is 7.14. The third-order valence-corrected chi connectivity index (χ3v) is 3.13. The van der Waals surface area contributed by atoms with E-state index < -0.39 is 20.5 Å². The third kappa shape index (κ3) is 41.2. The van der Waals surface area contributed by atoms with E-state index in [9.17, 15) is 0 Å². The molecule has 0 aromatic heterocycles. The molecule has 1 saturated heterocycles. The van der Waals surface area contributed by atoms with Crippen LogP contribution in [0.2, 0.25) is 0 Å². The van der Waals surface area contributed by atoms with Gasteiger partial charge in [0.25, 0.3) is 0 Å². The zero-order valence-corrected chi connectivity index (χ0v) is 19.1. The van der Waals surface area contributed by atoms with E-state index in [1.165, 1.54) is 0 Å². The number of aliphatic hydroxyl groups is 2. The maximum atomic E-state index is 9.02. The van der Waals surface area contributed by atoms with E-state index in [-0.39, 0.29) is 29.7 Å². The molecule has 31 heavy (non-hydrogen) atoms. The summed E-state index contributed by atoms with van der Waals surface area (Å²) in [7, 11) is -9.89. The van der Waals surface area contributed by atoms with Crippen LogP contribution in [-0.4, -0.2) is 99.2 Å². The molecule has 16 nitrogen and oxygen atoms in total. The standard InChI is InChI=1S/C12H30N6O2.2ClHO4.Ni/c19-7-5-17-9-13-1-2-14-10-18(6-8-20)12-16-4-3-15-11-17;2*2-1(3,4)5;/h13-16,19-20H,1-12H2;2*(H,2,3,4,5);/q;;;+2/p-2. The molecule has 0 aliphatic carbocycles. The van der Waals surface area contributed by atoms with E-state index in [0.29, 0.717) is 13.1 Å². The van der Waals surface area contributed by atoms with Crippen LogP contribution in [0, 0.1) is 20.5 Å². The van der Waals surface area contributed by atoms with Crippen LogP contribution < -0.4 is 58.5 Å². The van der Waals surface area contributed by atoms with Crippen LogP contribution in [0.3, 0.4) is 0 Å². The molecule has 0 radical (unpaired) electrons. The number of rotatable bonds is 4. The molecule has 19 heteroatoms. The molecule has 0 atom stereocenters. The number of hydrogen-bond donors (Lipinski definition) is 6. The fourth-order valence-corrected chi connectivity index (χ4v) is 2.01. The summed E-state index contributed by atoms with van der Waals surface area (Å²) in [6.45, 7) is 8.27. The SMILES string of the molecule is OCCN1CNCCNCN(CCO)CNCCNC1.[Ni+2].[O-][Cl+3]([O-])([O-])[O-].[O-][Cl+3]([O-])([O-])[O-].